The monoisotopic (exact) mass is 292 g/mol. The molecule has 1 unspecified atom stereocenters. The largest absolute Gasteiger partial charge is 0.396 e. The Balaban J connectivity index is 3.56. The van der Waals surface area contributed by atoms with E-state index in [-0.39, 0.29) is 0 Å². The number of hydrogen-bond donors (Lipinski definition) is 1. The molecule has 1 atom stereocenters. The molecule has 0 aromatic rings. The van der Waals surface area contributed by atoms with E-state index in [0.29, 0.717) is 6.61 Å². The van der Waals surface area contributed by atoms with Gasteiger partial charge in [0.2, 0.25) is 0 Å². The first kappa shape index (κ1) is 18.7. The molecular formula is C15H32OS2. The van der Waals surface area contributed by atoms with Gasteiger partial charge in [0.15, 0.2) is 0 Å². The van der Waals surface area contributed by atoms with Crippen molar-refractivity contribution in [2.75, 3.05) is 23.9 Å². The summed E-state index contributed by atoms with van der Waals surface area (Å²) in [6.07, 6.45) is 10.3. The molecule has 0 aromatic carbocycles. The first-order valence-electron chi connectivity index (χ1n) is 7.65. The topological polar surface area (TPSA) is 20.2 Å². The summed E-state index contributed by atoms with van der Waals surface area (Å²) in [7, 11) is 0. The molecule has 0 rings (SSSR count). The molecule has 1 N–H and O–H groups in total. The van der Waals surface area contributed by atoms with Crippen molar-refractivity contribution >= 4 is 23.5 Å². The van der Waals surface area contributed by atoms with Gasteiger partial charge >= 0.3 is 0 Å². The Morgan fingerprint density at radius 2 is 1.56 bits per heavy atom. The van der Waals surface area contributed by atoms with Crippen molar-refractivity contribution in [1.82, 2.24) is 0 Å². The molecule has 0 heterocycles. The van der Waals surface area contributed by atoms with Crippen LogP contribution in [0.5, 0.6) is 0 Å². The SMILES string of the molecule is CCCCCSCC(CCCO)SCCCCC. The molecule has 18 heavy (non-hydrogen) atoms. The van der Waals surface area contributed by atoms with Gasteiger partial charge in [-0.1, -0.05) is 39.5 Å². The molecular weight excluding hydrogens is 260 g/mol. The number of rotatable bonds is 14. The third-order valence-corrected chi connectivity index (χ3v) is 5.81. The van der Waals surface area contributed by atoms with Gasteiger partial charge in [0.25, 0.3) is 0 Å². The Bertz CT molecular complexity index is 153. The smallest absolute Gasteiger partial charge is 0.0431 e. The van der Waals surface area contributed by atoms with Crippen LogP contribution in [0.25, 0.3) is 0 Å². The molecule has 0 aromatic heterocycles. The van der Waals surface area contributed by atoms with E-state index < -0.39 is 0 Å². The standard InChI is InChI=1S/C15H32OS2/c1-3-5-7-12-17-14-15(10-9-11-16)18-13-8-6-4-2/h15-16H,3-14H2,1-2H3. The molecule has 110 valence electrons. The third kappa shape index (κ3) is 13.1. The molecule has 0 spiro atoms. The van der Waals surface area contributed by atoms with E-state index in [0.717, 1.165) is 11.7 Å². The summed E-state index contributed by atoms with van der Waals surface area (Å²) in [5.41, 5.74) is 0. The summed E-state index contributed by atoms with van der Waals surface area (Å²) in [6.45, 7) is 4.88. The van der Waals surface area contributed by atoms with Gasteiger partial charge in [-0.25, -0.2) is 0 Å². The Kier molecular flexibility index (Phi) is 16.3. The fraction of sp³-hybridized carbons (Fsp3) is 1.00. The summed E-state index contributed by atoms with van der Waals surface area (Å²) in [5.74, 6) is 3.90. The van der Waals surface area contributed by atoms with E-state index in [1.807, 2.05) is 0 Å². The minimum atomic E-state index is 0.354. The molecule has 0 amide bonds. The summed E-state index contributed by atoms with van der Waals surface area (Å²) in [6, 6.07) is 0. The van der Waals surface area contributed by atoms with Crippen molar-refractivity contribution in [1.29, 1.82) is 0 Å². The van der Waals surface area contributed by atoms with Crippen LogP contribution in [0.4, 0.5) is 0 Å². The van der Waals surface area contributed by atoms with Crippen LogP contribution in [0.2, 0.25) is 0 Å². The van der Waals surface area contributed by atoms with Gasteiger partial charge in [0, 0.05) is 17.6 Å². The van der Waals surface area contributed by atoms with Crippen LogP contribution >= 0.6 is 23.5 Å². The van der Waals surface area contributed by atoms with Crippen molar-refractivity contribution < 1.29 is 5.11 Å². The van der Waals surface area contributed by atoms with Crippen LogP contribution < -0.4 is 0 Å². The van der Waals surface area contributed by atoms with E-state index >= 15 is 0 Å². The normalized spacial score (nSPS) is 12.8. The number of aliphatic hydroxyl groups excluding tert-OH is 1. The zero-order chi connectivity index (χ0) is 13.5. The molecule has 0 aliphatic heterocycles. The number of aliphatic hydroxyl groups is 1. The summed E-state index contributed by atoms with van der Waals surface area (Å²) in [5, 5.41) is 9.71. The Hall–Kier alpha value is 0.660. The highest BCUT2D eigenvalue weighted by atomic mass is 32.2. The van der Waals surface area contributed by atoms with Crippen LogP contribution in [0, 0.1) is 0 Å². The highest BCUT2D eigenvalue weighted by molar-refractivity contribution is 8.03. The molecule has 0 aliphatic rings. The first-order chi connectivity index (χ1) is 8.85. The number of thioether (sulfide) groups is 2. The quantitative estimate of drug-likeness (QED) is 0.456. The highest BCUT2D eigenvalue weighted by Crippen LogP contribution is 2.23. The lowest BCUT2D eigenvalue weighted by Crippen LogP contribution is -2.09. The molecule has 0 fully saturated rings. The predicted octanol–water partition coefficient (Wildman–Crippen LogP) is 4.97. The molecule has 3 heteroatoms. The predicted molar refractivity (Wildman–Crippen MR) is 88.9 cm³/mol. The lowest BCUT2D eigenvalue weighted by molar-refractivity contribution is 0.285. The van der Waals surface area contributed by atoms with Crippen molar-refractivity contribution in [3.05, 3.63) is 0 Å². The minimum absolute atomic E-state index is 0.354. The zero-order valence-electron chi connectivity index (χ0n) is 12.3. The van der Waals surface area contributed by atoms with E-state index in [1.54, 1.807) is 0 Å². The fourth-order valence-electron chi connectivity index (χ4n) is 1.80. The molecule has 0 saturated heterocycles. The van der Waals surface area contributed by atoms with Crippen LogP contribution in [0.3, 0.4) is 0 Å². The number of hydrogen-bond acceptors (Lipinski definition) is 3. The first-order valence-corrected chi connectivity index (χ1v) is 9.85. The van der Waals surface area contributed by atoms with E-state index in [2.05, 4.69) is 37.4 Å². The minimum Gasteiger partial charge on any atom is -0.396 e. The summed E-state index contributed by atoms with van der Waals surface area (Å²) >= 11 is 4.25. The average molecular weight is 293 g/mol. The van der Waals surface area contributed by atoms with Gasteiger partial charge < -0.3 is 5.11 Å². The van der Waals surface area contributed by atoms with E-state index in [4.69, 9.17) is 5.11 Å². The zero-order valence-corrected chi connectivity index (χ0v) is 14.0. The van der Waals surface area contributed by atoms with Gasteiger partial charge in [-0.2, -0.15) is 23.5 Å². The second-order valence-corrected chi connectivity index (χ2v) is 7.41. The van der Waals surface area contributed by atoms with E-state index in [9.17, 15) is 0 Å². The molecule has 1 nitrogen and oxygen atoms in total. The summed E-state index contributed by atoms with van der Waals surface area (Å²) < 4.78 is 0. The van der Waals surface area contributed by atoms with Gasteiger partial charge in [-0.3, -0.25) is 0 Å². The molecule has 0 radical (unpaired) electrons. The molecule has 0 aliphatic carbocycles. The van der Waals surface area contributed by atoms with Crippen LogP contribution in [0.1, 0.15) is 65.2 Å². The highest BCUT2D eigenvalue weighted by Gasteiger charge is 2.08. The second kappa shape index (κ2) is 15.7. The van der Waals surface area contributed by atoms with Crippen LogP contribution in [0.15, 0.2) is 0 Å². The maximum Gasteiger partial charge on any atom is 0.0431 e. The third-order valence-electron chi connectivity index (χ3n) is 2.98. The van der Waals surface area contributed by atoms with Gasteiger partial charge in [-0.05, 0) is 37.2 Å². The van der Waals surface area contributed by atoms with Gasteiger partial charge in [-0.15, -0.1) is 0 Å². The van der Waals surface area contributed by atoms with Gasteiger partial charge in [0.1, 0.15) is 0 Å². The molecule has 0 saturated carbocycles. The van der Waals surface area contributed by atoms with Crippen molar-refractivity contribution in [3.8, 4) is 0 Å². The number of unbranched alkanes of at least 4 members (excludes halogenated alkanes) is 4. The fourth-order valence-corrected chi connectivity index (χ4v) is 4.52. The lowest BCUT2D eigenvalue weighted by Gasteiger charge is -2.15. The Morgan fingerprint density at radius 3 is 2.17 bits per heavy atom. The second-order valence-electron chi connectivity index (χ2n) is 4.85. The molecule has 0 bridgehead atoms. The van der Waals surface area contributed by atoms with Crippen molar-refractivity contribution in [2.45, 2.75) is 70.5 Å². The van der Waals surface area contributed by atoms with E-state index in [1.165, 1.54) is 62.2 Å². The van der Waals surface area contributed by atoms with Crippen molar-refractivity contribution in [3.63, 3.8) is 0 Å². The van der Waals surface area contributed by atoms with Crippen molar-refractivity contribution in [2.24, 2.45) is 0 Å². The maximum absolute atomic E-state index is 8.95. The maximum atomic E-state index is 8.95. The Morgan fingerprint density at radius 1 is 0.889 bits per heavy atom. The average Bonchev–Trinajstić information content (AvgIpc) is 2.39. The summed E-state index contributed by atoms with van der Waals surface area (Å²) in [4.78, 5) is 0. The lowest BCUT2D eigenvalue weighted by atomic mass is 10.2. The van der Waals surface area contributed by atoms with Crippen LogP contribution in [-0.4, -0.2) is 34.2 Å². The van der Waals surface area contributed by atoms with Gasteiger partial charge in [0.05, 0.1) is 0 Å². The van der Waals surface area contributed by atoms with Crippen LogP contribution in [-0.2, 0) is 0 Å². The Labute approximate surface area is 123 Å².